The van der Waals surface area contributed by atoms with E-state index in [0.717, 1.165) is 124 Å². The molecule has 12 N–H and O–H groups in total. The maximum absolute atomic E-state index is 9.97. The number of nitrogens with zero attached hydrogens (tertiary/aromatic N) is 21. The maximum atomic E-state index is 9.97. The lowest BCUT2D eigenvalue weighted by molar-refractivity contribution is 0.0577. The van der Waals surface area contributed by atoms with E-state index in [1.165, 1.54) is 0 Å². The number of rotatable bonds is 21. The highest BCUT2D eigenvalue weighted by Crippen LogP contribution is 2.43. The molecule has 10 aromatic heterocycles. The Labute approximate surface area is 689 Å². The minimum atomic E-state index is -0.865. The predicted octanol–water partition coefficient (Wildman–Crippen LogP) is 12.6. The van der Waals surface area contributed by atoms with Gasteiger partial charge >= 0.3 is 12.0 Å². The smallest absolute Gasteiger partial charge is 0.324 e. The summed E-state index contributed by atoms with van der Waals surface area (Å²) >= 11 is 0. The third kappa shape index (κ3) is 19.0. The Morgan fingerprint density at radius 1 is 0.387 bits per heavy atom. The van der Waals surface area contributed by atoms with Crippen LogP contribution in [0.5, 0.6) is 0 Å². The molecule has 14 aromatic rings. The molecular formula is C86H102N26O7. The average molecular weight is 1610 g/mol. The number of aliphatic hydroxyl groups is 3. The molecule has 33 nitrogen and oxygen atoms in total. The summed E-state index contributed by atoms with van der Waals surface area (Å²) in [4.78, 5) is 55.3. The first-order valence-electron chi connectivity index (χ1n) is 39.6. The molecule has 0 amide bonds. The van der Waals surface area contributed by atoms with Crippen molar-refractivity contribution in [3.05, 3.63) is 217 Å². The highest BCUT2D eigenvalue weighted by Gasteiger charge is 2.42. The van der Waals surface area contributed by atoms with Crippen molar-refractivity contribution >= 4 is 35.8 Å². The van der Waals surface area contributed by atoms with Crippen molar-refractivity contribution in [2.45, 2.75) is 162 Å². The van der Waals surface area contributed by atoms with Gasteiger partial charge in [-0.15, -0.1) is 0 Å². The monoisotopic (exact) mass is 1610 g/mol. The third-order valence-electron chi connectivity index (χ3n) is 22.8. The molecule has 618 valence electrons. The molecule has 2 aliphatic heterocycles. The van der Waals surface area contributed by atoms with E-state index in [0.29, 0.717) is 59.2 Å². The van der Waals surface area contributed by atoms with E-state index in [-0.39, 0.29) is 53.8 Å². The first-order chi connectivity index (χ1) is 56.8. The lowest BCUT2D eigenvalue weighted by Gasteiger charge is -2.31. The molecule has 0 bridgehead atoms. The van der Waals surface area contributed by atoms with Gasteiger partial charge in [0, 0.05) is 110 Å². The number of aromatic amines is 1. The van der Waals surface area contributed by atoms with Gasteiger partial charge in [0.05, 0.1) is 69.5 Å². The molecule has 0 aliphatic carbocycles. The van der Waals surface area contributed by atoms with Crippen molar-refractivity contribution in [3.8, 4) is 67.4 Å². The van der Waals surface area contributed by atoms with Crippen molar-refractivity contribution in [3.63, 3.8) is 0 Å². The number of aliphatic hydroxyl groups excluding tert-OH is 2. The van der Waals surface area contributed by atoms with E-state index in [9.17, 15) is 15.3 Å². The summed E-state index contributed by atoms with van der Waals surface area (Å²) < 4.78 is 23.9. The Kier molecular flexibility index (Phi) is 24.9. The van der Waals surface area contributed by atoms with Crippen molar-refractivity contribution < 1.29 is 33.4 Å². The van der Waals surface area contributed by atoms with Crippen LogP contribution in [0, 0.1) is 17.8 Å². The number of H-pyrrole nitrogens is 1. The van der Waals surface area contributed by atoms with Crippen molar-refractivity contribution in [2.75, 3.05) is 58.9 Å². The van der Waals surface area contributed by atoms with Crippen molar-refractivity contribution in [2.24, 2.45) is 17.8 Å². The first-order valence-corrected chi connectivity index (χ1v) is 39.6. The lowest BCUT2D eigenvalue weighted by atomic mass is 9.72. The number of aromatic nitrogens is 20. The second-order valence-corrected chi connectivity index (χ2v) is 32.6. The number of piperidine rings is 2. The quantitative estimate of drug-likeness (QED) is 0.0331. The van der Waals surface area contributed by atoms with Gasteiger partial charge in [-0.25, -0.2) is 39.9 Å². The van der Waals surface area contributed by atoms with Gasteiger partial charge in [0.2, 0.25) is 23.8 Å². The third-order valence-corrected chi connectivity index (χ3v) is 22.8. The molecule has 119 heavy (non-hydrogen) atoms. The summed E-state index contributed by atoms with van der Waals surface area (Å²) in [5.74, 6) is 5.16. The fraction of sp³-hybridized carbons (Fsp3) is 0.372. The van der Waals surface area contributed by atoms with Gasteiger partial charge in [0.15, 0.2) is 23.3 Å². The second kappa shape index (κ2) is 35.4. The van der Waals surface area contributed by atoms with E-state index in [1.54, 1.807) is 92.9 Å². The number of hydrogen-bond donors (Lipinski definition) is 8. The van der Waals surface area contributed by atoms with Crippen LogP contribution in [0.25, 0.3) is 67.4 Å². The van der Waals surface area contributed by atoms with Gasteiger partial charge in [-0.2, -0.15) is 30.1 Å². The Balaban J connectivity index is 0.000000137. The fourth-order valence-corrected chi connectivity index (χ4v) is 14.0. The van der Waals surface area contributed by atoms with Crippen LogP contribution in [-0.4, -0.2) is 160 Å². The first kappa shape index (κ1) is 83.8. The highest BCUT2D eigenvalue weighted by atomic mass is 16.5. The zero-order valence-electron chi connectivity index (χ0n) is 69.1. The summed E-state index contributed by atoms with van der Waals surface area (Å²) in [5, 5.41) is 57.6. The van der Waals surface area contributed by atoms with Gasteiger partial charge < -0.3 is 66.1 Å². The largest absolute Gasteiger partial charge is 0.393 e. The van der Waals surface area contributed by atoms with Gasteiger partial charge in [-0.1, -0.05) is 159 Å². The lowest BCUT2D eigenvalue weighted by Crippen LogP contribution is -2.36. The topological polar surface area (TPSA) is 477 Å². The van der Waals surface area contributed by atoms with Gasteiger partial charge in [-0.05, 0) is 136 Å². The van der Waals surface area contributed by atoms with E-state index in [2.05, 4.69) is 209 Å². The molecule has 4 aromatic carbocycles. The highest BCUT2D eigenvalue weighted by molar-refractivity contribution is 5.66. The second-order valence-electron chi connectivity index (χ2n) is 32.6. The molecule has 2 saturated heterocycles. The van der Waals surface area contributed by atoms with Gasteiger partial charge in [-0.3, -0.25) is 9.78 Å². The molecule has 0 saturated carbocycles. The Morgan fingerprint density at radius 3 is 1.03 bits per heavy atom. The minimum Gasteiger partial charge on any atom is -0.393 e. The molecule has 2 fully saturated rings. The Bertz CT molecular complexity index is 5400. The summed E-state index contributed by atoms with van der Waals surface area (Å²) in [5.41, 5.74) is 33.2. The van der Waals surface area contributed by atoms with Crippen LogP contribution in [0.1, 0.15) is 161 Å². The molecular weight excluding hydrogens is 1510 g/mol. The van der Waals surface area contributed by atoms with Crippen LogP contribution in [0.2, 0.25) is 0 Å². The normalized spacial score (nSPS) is 15.1. The van der Waals surface area contributed by atoms with E-state index in [1.807, 2.05) is 60.0 Å². The van der Waals surface area contributed by atoms with Crippen LogP contribution < -0.4 is 32.7 Å². The molecule has 3 atom stereocenters. The summed E-state index contributed by atoms with van der Waals surface area (Å²) in [7, 11) is 0. The molecule has 33 heteroatoms. The zero-order valence-corrected chi connectivity index (χ0v) is 69.1. The Hall–Kier alpha value is -13.1. The number of nitrogens with two attached hydrogens (primary N) is 4. The number of nitrogens with one attached hydrogen (secondary N) is 1. The number of benzene rings is 4. The zero-order chi connectivity index (χ0) is 84.6. The number of hydrogen-bond acceptors (Lipinski definition) is 31. The summed E-state index contributed by atoms with van der Waals surface area (Å²) in [6, 6.07) is 34.0. The standard InChI is InChI=1S/C22H25N7O2.2C22H28N6O2.C20H21N7O/c1-21(2,30)13-29-12-16(11-26-29)18-27-19(28-31-18)22(3,4)17-7-5-14(6-8-17)15-9-24-20(23)25-10-15;2*1-14(2)22(3,19-26-21(30-27-19)28-10-8-18(29)9-11-28)17-6-4-15(5-7-17)16-12-24-20(23)25-13-16;1-12(2)20(3,18-26-17(28-27-18)15-10-24-25-11-15)16-6-4-13(5-7-16)14-8-22-19(21)23-9-14/h5-12,30H,13H2,1-4H3,(H2,23,24,25);2*4-7,12-14,18,29H,8-11H2,1-3H3,(H2,23,24,25);4-12H,1-3H3,(H,24,25)(H2,21,22,23)/t;2*22-;20-/m.101/s1. The maximum Gasteiger partial charge on any atom is 0.324 e. The van der Waals surface area contributed by atoms with E-state index in [4.69, 9.17) is 51.0 Å². The van der Waals surface area contributed by atoms with Crippen LogP contribution >= 0.6 is 0 Å². The van der Waals surface area contributed by atoms with Gasteiger partial charge in [0.25, 0.3) is 11.8 Å². The van der Waals surface area contributed by atoms with Crippen molar-refractivity contribution in [1.29, 1.82) is 0 Å². The molecule has 2 aliphatic rings. The molecule has 0 radical (unpaired) electrons. The van der Waals surface area contributed by atoms with Crippen LogP contribution in [0.15, 0.2) is 190 Å². The molecule has 0 spiro atoms. The number of nitrogen functional groups attached to an aromatic ring is 4. The summed E-state index contributed by atoms with van der Waals surface area (Å²) in [6.07, 6.45) is 22.9. The van der Waals surface area contributed by atoms with E-state index < -0.39 is 27.3 Å². The van der Waals surface area contributed by atoms with E-state index >= 15 is 0 Å². The molecule has 16 rings (SSSR count). The van der Waals surface area contributed by atoms with Crippen LogP contribution in [0.3, 0.4) is 0 Å². The average Bonchev–Trinajstić information content (AvgIpc) is 1.66. The number of anilines is 6. The molecule has 0 unspecified atom stereocenters. The molecule has 12 heterocycles. The predicted molar refractivity (Wildman–Crippen MR) is 451 cm³/mol. The van der Waals surface area contributed by atoms with Gasteiger partial charge in [0.1, 0.15) is 0 Å². The van der Waals surface area contributed by atoms with Crippen LogP contribution in [-0.2, 0) is 28.2 Å². The summed E-state index contributed by atoms with van der Waals surface area (Å²) in [6.45, 7) is 30.2. The van der Waals surface area contributed by atoms with Crippen LogP contribution in [0.4, 0.5) is 35.8 Å². The minimum absolute atomic E-state index is 0.241. The fourth-order valence-electron chi connectivity index (χ4n) is 14.0. The Morgan fingerprint density at radius 2 is 0.697 bits per heavy atom. The van der Waals surface area contributed by atoms with Crippen molar-refractivity contribution in [1.82, 2.24) is 100 Å². The SMILES string of the molecule is CC(C)(O)Cn1cc(-c2nc(C(C)(C)c3ccc(-c4cnc(N)nc4)cc3)no2)cn1.CC(C)[C@@](C)(c1ccc(-c2cnc(N)nc2)cc1)c1noc(N2CCC(O)CC2)n1.CC(C)[C@](C)(c1ccc(-c2cnc(N)nc2)cc1)c1noc(-c2cn[nH]c2)n1.CC(C)[C@](C)(c1ccc(-c2cnc(N)nc2)cc1)c1noc(N2CCC(O)CC2)n1.